The number of carboxylic acids is 1. The van der Waals surface area contributed by atoms with Crippen molar-refractivity contribution < 1.29 is 28.0 Å². The molecule has 6 nitrogen and oxygen atoms in total. The zero-order valence-electron chi connectivity index (χ0n) is 11.6. The molecule has 2 atom stereocenters. The minimum absolute atomic E-state index is 0.00964. The largest absolute Gasteiger partial charge is 0.494 e. The number of benzene rings is 1. The van der Waals surface area contributed by atoms with Crippen LogP contribution in [0.3, 0.4) is 0 Å². The van der Waals surface area contributed by atoms with E-state index < -0.39 is 34.5 Å². The fraction of sp³-hybridized carbons (Fsp3) is 0.385. The molecule has 0 radical (unpaired) electrons. The number of ether oxygens (including phenoxy) is 1. The van der Waals surface area contributed by atoms with Crippen molar-refractivity contribution in [1.29, 1.82) is 0 Å². The molecule has 0 aliphatic rings. The van der Waals surface area contributed by atoms with Gasteiger partial charge in [-0.3, -0.25) is 9.00 Å². The Labute approximate surface area is 123 Å². The van der Waals surface area contributed by atoms with Gasteiger partial charge >= 0.3 is 5.97 Å². The molecule has 2 N–H and O–H groups in total. The van der Waals surface area contributed by atoms with Crippen molar-refractivity contribution in [3.63, 3.8) is 0 Å². The molecule has 21 heavy (non-hydrogen) atoms. The normalized spacial score (nSPS) is 13.3. The lowest BCUT2D eigenvalue weighted by Crippen LogP contribution is -2.43. The van der Waals surface area contributed by atoms with E-state index in [0.29, 0.717) is 5.56 Å². The molecule has 0 aliphatic heterocycles. The molecule has 1 amide bonds. The Hall–Kier alpha value is -1.96. The summed E-state index contributed by atoms with van der Waals surface area (Å²) in [5.74, 6) is -2.54. The number of rotatable bonds is 7. The fourth-order valence-electron chi connectivity index (χ4n) is 1.65. The van der Waals surface area contributed by atoms with Crippen LogP contribution in [-0.2, 0) is 26.1 Å². The molecule has 116 valence electrons. The summed E-state index contributed by atoms with van der Waals surface area (Å²) in [6.07, 6.45) is 0. The highest BCUT2D eigenvalue weighted by Gasteiger charge is 2.21. The topological polar surface area (TPSA) is 92.7 Å². The van der Waals surface area contributed by atoms with Crippen LogP contribution in [-0.4, -0.2) is 40.1 Å². The third kappa shape index (κ3) is 5.50. The first-order chi connectivity index (χ1) is 9.83. The number of carboxylic acid groups (broad SMARTS) is 1. The molecule has 0 saturated carbocycles. The first-order valence-corrected chi connectivity index (χ1v) is 7.49. The summed E-state index contributed by atoms with van der Waals surface area (Å²) in [7, 11) is -0.223. The Morgan fingerprint density at radius 1 is 1.48 bits per heavy atom. The smallest absolute Gasteiger partial charge is 0.327 e. The van der Waals surface area contributed by atoms with E-state index in [2.05, 4.69) is 5.32 Å². The van der Waals surface area contributed by atoms with Gasteiger partial charge in [-0.2, -0.15) is 0 Å². The first kappa shape index (κ1) is 17.1. The third-order valence-corrected chi connectivity index (χ3v) is 3.93. The van der Waals surface area contributed by atoms with Gasteiger partial charge in [-0.15, -0.1) is 0 Å². The molecular formula is C13H16FNO5S. The minimum atomic E-state index is -1.56. The van der Waals surface area contributed by atoms with Gasteiger partial charge in [0.05, 0.1) is 12.9 Å². The number of amides is 1. The van der Waals surface area contributed by atoms with Crippen LogP contribution >= 0.6 is 0 Å². The van der Waals surface area contributed by atoms with Crippen LogP contribution in [0.2, 0.25) is 0 Å². The second-order valence-electron chi connectivity index (χ2n) is 4.31. The van der Waals surface area contributed by atoms with E-state index >= 15 is 0 Å². The molecule has 0 aromatic heterocycles. The molecule has 1 rings (SSSR count). The molecule has 0 fully saturated rings. The zero-order valence-corrected chi connectivity index (χ0v) is 12.4. The predicted octanol–water partition coefficient (Wildman–Crippen LogP) is 0.672. The Morgan fingerprint density at radius 2 is 2.14 bits per heavy atom. The van der Waals surface area contributed by atoms with Crippen LogP contribution in [0.4, 0.5) is 4.39 Å². The summed E-state index contributed by atoms with van der Waals surface area (Å²) in [6, 6.07) is 2.91. The second-order valence-corrected chi connectivity index (χ2v) is 5.81. The van der Waals surface area contributed by atoms with Crippen molar-refractivity contribution in [3.8, 4) is 5.75 Å². The molecule has 0 spiro atoms. The first-order valence-electron chi connectivity index (χ1n) is 6.00. The van der Waals surface area contributed by atoms with Crippen molar-refractivity contribution in [1.82, 2.24) is 5.32 Å². The van der Waals surface area contributed by atoms with E-state index in [4.69, 9.17) is 9.84 Å². The highest BCUT2D eigenvalue weighted by atomic mass is 32.2. The molecule has 1 aromatic carbocycles. The number of nitrogens with one attached hydrogen (secondary N) is 1. The molecule has 0 aliphatic carbocycles. The van der Waals surface area contributed by atoms with Gasteiger partial charge in [0.25, 0.3) is 0 Å². The average molecular weight is 317 g/mol. The fourth-order valence-corrected chi connectivity index (χ4v) is 2.92. The van der Waals surface area contributed by atoms with Gasteiger partial charge in [0, 0.05) is 23.5 Å². The molecular weight excluding hydrogens is 301 g/mol. The molecule has 0 heterocycles. The molecule has 1 aromatic rings. The Kier molecular flexibility index (Phi) is 6.29. The maximum atomic E-state index is 13.5. The van der Waals surface area contributed by atoms with Crippen LogP contribution in [0.1, 0.15) is 12.5 Å². The van der Waals surface area contributed by atoms with Gasteiger partial charge in [0.1, 0.15) is 6.04 Å². The summed E-state index contributed by atoms with van der Waals surface area (Å²) in [5, 5.41) is 11.1. The standard InChI is InChI=1S/C13H16FNO5S/c1-8(16)15-11(13(17)18)7-21(19)6-9-3-4-12(20-2)10(14)5-9/h3-5,11H,6-7H2,1-2H3,(H,15,16)(H,17,18). The summed E-state index contributed by atoms with van der Waals surface area (Å²) >= 11 is 0. The van der Waals surface area contributed by atoms with Gasteiger partial charge in [-0.05, 0) is 17.7 Å². The van der Waals surface area contributed by atoms with Gasteiger partial charge < -0.3 is 15.2 Å². The Bertz CT molecular complexity index is 563. The summed E-state index contributed by atoms with van der Waals surface area (Å²) in [4.78, 5) is 21.8. The van der Waals surface area contributed by atoms with Crippen molar-refractivity contribution in [2.24, 2.45) is 0 Å². The van der Waals surface area contributed by atoms with Crippen LogP contribution in [0.5, 0.6) is 5.75 Å². The Morgan fingerprint density at radius 3 is 2.62 bits per heavy atom. The van der Waals surface area contributed by atoms with Gasteiger partial charge in [0.15, 0.2) is 11.6 Å². The Balaban J connectivity index is 2.69. The quantitative estimate of drug-likeness (QED) is 0.771. The summed E-state index contributed by atoms with van der Waals surface area (Å²) < 4.78 is 30.2. The number of hydrogen-bond acceptors (Lipinski definition) is 4. The molecule has 0 bridgehead atoms. The van der Waals surface area contributed by atoms with Crippen LogP contribution in [0.25, 0.3) is 0 Å². The maximum Gasteiger partial charge on any atom is 0.327 e. The number of halogens is 1. The lowest BCUT2D eigenvalue weighted by atomic mass is 10.2. The van der Waals surface area contributed by atoms with Gasteiger partial charge in [-0.25, -0.2) is 9.18 Å². The van der Waals surface area contributed by atoms with E-state index in [1.165, 1.54) is 26.2 Å². The summed E-state index contributed by atoms with van der Waals surface area (Å²) in [6.45, 7) is 1.18. The van der Waals surface area contributed by atoms with Crippen molar-refractivity contribution in [2.75, 3.05) is 12.9 Å². The minimum Gasteiger partial charge on any atom is -0.494 e. The van der Waals surface area contributed by atoms with Crippen molar-refractivity contribution in [2.45, 2.75) is 18.7 Å². The number of carbonyl (C=O) groups excluding carboxylic acids is 1. The van der Waals surface area contributed by atoms with Gasteiger partial charge in [0.2, 0.25) is 5.91 Å². The van der Waals surface area contributed by atoms with E-state index in [1.807, 2.05) is 0 Å². The number of hydrogen-bond donors (Lipinski definition) is 2. The number of carbonyl (C=O) groups is 2. The average Bonchev–Trinajstić information content (AvgIpc) is 2.37. The van der Waals surface area contributed by atoms with Gasteiger partial charge in [-0.1, -0.05) is 6.07 Å². The molecule has 0 saturated heterocycles. The zero-order chi connectivity index (χ0) is 16.0. The molecule has 2 unspecified atom stereocenters. The maximum absolute atomic E-state index is 13.5. The summed E-state index contributed by atoms with van der Waals surface area (Å²) in [5.41, 5.74) is 0.457. The predicted molar refractivity (Wildman–Crippen MR) is 74.9 cm³/mol. The van der Waals surface area contributed by atoms with Crippen molar-refractivity contribution in [3.05, 3.63) is 29.6 Å². The molecule has 8 heteroatoms. The van der Waals surface area contributed by atoms with E-state index in [-0.39, 0.29) is 17.3 Å². The number of aliphatic carboxylic acids is 1. The monoisotopic (exact) mass is 317 g/mol. The van der Waals surface area contributed by atoms with Crippen LogP contribution < -0.4 is 10.1 Å². The second kappa shape index (κ2) is 7.72. The van der Waals surface area contributed by atoms with E-state index in [9.17, 15) is 18.2 Å². The number of methoxy groups -OCH3 is 1. The highest BCUT2D eigenvalue weighted by molar-refractivity contribution is 7.84. The van der Waals surface area contributed by atoms with Crippen LogP contribution in [0.15, 0.2) is 18.2 Å². The van der Waals surface area contributed by atoms with E-state index in [0.717, 1.165) is 0 Å². The van der Waals surface area contributed by atoms with E-state index in [1.54, 1.807) is 6.07 Å². The third-order valence-electron chi connectivity index (χ3n) is 2.57. The lowest BCUT2D eigenvalue weighted by molar-refractivity contribution is -0.140. The SMILES string of the molecule is COc1ccc(CS(=O)CC(NC(C)=O)C(=O)O)cc1F. The highest BCUT2D eigenvalue weighted by Crippen LogP contribution is 2.18. The lowest BCUT2D eigenvalue weighted by Gasteiger charge is -2.13. The van der Waals surface area contributed by atoms with Crippen molar-refractivity contribution >= 4 is 22.7 Å². The van der Waals surface area contributed by atoms with Crippen LogP contribution in [0, 0.1) is 5.82 Å².